The number of rotatable bonds is 6. The summed E-state index contributed by atoms with van der Waals surface area (Å²) in [6.07, 6.45) is 2.51. The van der Waals surface area contributed by atoms with Gasteiger partial charge in [-0.15, -0.1) is 0 Å². The summed E-state index contributed by atoms with van der Waals surface area (Å²) in [5, 5.41) is 7.25. The summed E-state index contributed by atoms with van der Waals surface area (Å²) in [5.74, 6) is 0.189. The zero-order valence-corrected chi connectivity index (χ0v) is 17.7. The van der Waals surface area contributed by atoms with Crippen LogP contribution >= 0.6 is 12.2 Å². The number of nitrogens with one attached hydrogen (secondary N) is 2. The van der Waals surface area contributed by atoms with Crippen molar-refractivity contribution in [2.45, 2.75) is 51.5 Å². The molecule has 28 heavy (non-hydrogen) atoms. The van der Waals surface area contributed by atoms with Crippen LogP contribution in [-0.4, -0.2) is 23.6 Å². The molecule has 1 saturated heterocycles. The van der Waals surface area contributed by atoms with Crippen molar-refractivity contribution in [3.05, 3.63) is 60.2 Å². The lowest BCUT2D eigenvalue weighted by molar-refractivity contribution is -0.117. The van der Waals surface area contributed by atoms with Crippen molar-refractivity contribution in [3.8, 4) is 0 Å². The lowest BCUT2D eigenvalue weighted by atomic mass is 9.79. The van der Waals surface area contributed by atoms with Crippen molar-refractivity contribution in [2.75, 3.05) is 16.8 Å². The fraction of sp³-hybridized carbons (Fsp3) is 0.391. The molecular formula is C23H29N3OS. The molecule has 1 atom stereocenters. The summed E-state index contributed by atoms with van der Waals surface area (Å²) in [7, 11) is 0. The lowest BCUT2D eigenvalue weighted by Crippen LogP contribution is -2.39. The third-order valence-corrected chi connectivity index (χ3v) is 5.46. The first-order valence-electron chi connectivity index (χ1n) is 9.89. The number of amides is 1. The third kappa shape index (κ3) is 5.10. The number of hydrogen-bond acceptors (Lipinski definition) is 2. The SMILES string of the molecule is CC(CC(C)(C)c1ccccc1)NC(=S)Nc1cccc(N2CCCC2=O)c1. The molecule has 2 aromatic carbocycles. The molecule has 2 N–H and O–H groups in total. The van der Waals surface area contributed by atoms with Gasteiger partial charge in [0.2, 0.25) is 5.91 Å². The third-order valence-electron chi connectivity index (χ3n) is 5.24. The summed E-state index contributed by atoms with van der Waals surface area (Å²) >= 11 is 5.52. The average molecular weight is 396 g/mol. The van der Waals surface area contributed by atoms with E-state index in [2.05, 4.69) is 55.7 Å². The van der Waals surface area contributed by atoms with E-state index in [0.29, 0.717) is 11.5 Å². The van der Waals surface area contributed by atoms with Gasteiger partial charge in [-0.05, 0) is 61.2 Å². The van der Waals surface area contributed by atoms with E-state index >= 15 is 0 Å². The van der Waals surface area contributed by atoms with E-state index in [1.165, 1.54) is 5.56 Å². The standard InChI is InChI=1S/C23H29N3OS/c1-17(16-23(2,3)18-9-5-4-6-10-18)24-22(28)25-19-11-7-12-20(15-19)26-14-8-13-21(26)27/h4-7,9-12,15,17H,8,13-14,16H2,1-3H3,(H2,24,25,28). The second-order valence-corrected chi connectivity index (χ2v) is 8.56. The van der Waals surface area contributed by atoms with Gasteiger partial charge in [0.25, 0.3) is 0 Å². The second-order valence-electron chi connectivity index (χ2n) is 8.15. The highest BCUT2D eigenvalue weighted by Crippen LogP contribution is 2.28. The van der Waals surface area contributed by atoms with E-state index in [1.807, 2.05) is 35.2 Å². The molecule has 0 bridgehead atoms. The highest BCUT2D eigenvalue weighted by Gasteiger charge is 2.24. The topological polar surface area (TPSA) is 44.4 Å². The molecule has 3 rings (SSSR count). The van der Waals surface area contributed by atoms with E-state index in [1.54, 1.807) is 0 Å². The van der Waals surface area contributed by atoms with Crippen LogP contribution in [0.15, 0.2) is 54.6 Å². The van der Waals surface area contributed by atoms with Crippen molar-refractivity contribution in [3.63, 3.8) is 0 Å². The summed E-state index contributed by atoms with van der Waals surface area (Å²) in [5.41, 5.74) is 3.20. The highest BCUT2D eigenvalue weighted by molar-refractivity contribution is 7.80. The summed E-state index contributed by atoms with van der Waals surface area (Å²) < 4.78 is 0. The molecule has 4 nitrogen and oxygen atoms in total. The molecule has 1 aliphatic rings. The predicted molar refractivity (Wildman–Crippen MR) is 121 cm³/mol. The number of carbonyl (C=O) groups is 1. The Kier molecular flexibility index (Phi) is 6.35. The van der Waals surface area contributed by atoms with Gasteiger partial charge in [0.1, 0.15) is 0 Å². The molecule has 1 unspecified atom stereocenters. The molecule has 1 aliphatic heterocycles. The van der Waals surface area contributed by atoms with Crippen molar-refractivity contribution in [2.24, 2.45) is 0 Å². The monoisotopic (exact) mass is 395 g/mol. The van der Waals surface area contributed by atoms with Crippen LogP contribution in [0.5, 0.6) is 0 Å². The van der Waals surface area contributed by atoms with Crippen molar-refractivity contribution >= 4 is 34.6 Å². The number of anilines is 2. The summed E-state index contributed by atoms with van der Waals surface area (Å²) in [6, 6.07) is 18.7. The number of hydrogen-bond donors (Lipinski definition) is 2. The van der Waals surface area contributed by atoms with E-state index in [4.69, 9.17) is 12.2 Å². The summed E-state index contributed by atoms with van der Waals surface area (Å²) in [4.78, 5) is 13.8. The Balaban J connectivity index is 1.57. The molecule has 5 heteroatoms. The Morgan fingerprint density at radius 3 is 2.61 bits per heavy atom. The Labute approximate surface area is 173 Å². The lowest BCUT2D eigenvalue weighted by Gasteiger charge is -2.29. The minimum absolute atomic E-state index is 0.0549. The fourth-order valence-corrected chi connectivity index (χ4v) is 4.21. The zero-order valence-electron chi connectivity index (χ0n) is 16.9. The molecule has 0 aromatic heterocycles. The first-order valence-corrected chi connectivity index (χ1v) is 10.3. The van der Waals surface area contributed by atoms with Gasteiger partial charge in [0.15, 0.2) is 5.11 Å². The molecule has 2 aromatic rings. The van der Waals surface area contributed by atoms with E-state index in [0.717, 1.165) is 30.8 Å². The Morgan fingerprint density at radius 1 is 1.18 bits per heavy atom. The quantitative estimate of drug-likeness (QED) is 0.686. The maximum absolute atomic E-state index is 12.0. The smallest absolute Gasteiger partial charge is 0.227 e. The molecular weight excluding hydrogens is 366 g/mol. The Bertz CT molecular complexity index is 835. The van der Waals surface area contributed by atoms with Crippen LogP contribution in [0.1, 0.15) is 45.6 Å². The van der Waals surface area contributed by atoms with E-state index < -0.39 is 0 Å². The zero-order chi connectivity index (χ0) is 20.1. The van der Waals surface area contributed by atoms with Crippen LogP contribution in [-0.2, 0) is 10.2 Å². The van der Waals surface area contributed by atoms with E-state index in [-0.39, 0.29) is 17.4 Å². The maximum Gasteiger partial charge on any atom is 0.227 e. The van der Waals surface area contributed by atoms with Gasteiger partial charge in [-0.25, -0.2) is 0 Å². The average Bonchev–Trinajstić information content (AvgIpc) is 3.08. The molecule has 0 saturated carbocycles. The van der Waals surface area contributed by atoms with E-state index in [9.17, 15) is 4.79 Å². The fourth-order valence-electron chi connectivity index (χ4n) is 3.89. The van der Waals surface area contributed by atoms with Gasteiger partial charge in [0, 0.05) is 30.4 Å². The van der Waals surface area contributed by atoms with Gasteiger partial charge in [-0.3, -0.25) is 4.79 Å². The molecule has 1 heterocycles. The Morgan fingerprint density at radius 2 is 1.93 bits per heavy atom. The largest absolute Gasteiger partial charge is 0.360 e. The second kappa shape index (κ2) is 8.74. The molecule has 1 fully saturated rings. The maximum atomic E-state index is 12.0. The molecule has 0 spiro atoms. The minimum Gasteiger partial charge on any atom is -0.360 e. The number of carbonyl (C=O) groups excluding carboxylic acids is 1. The van der Waals surface area contributed by atoms with Crippen molar-refractivity contribution < 1.29 is 4.79 Å². The van der Waals surface area contributed by atoms with Gasteiger partial charge < -0.3 is 15.5 Å². The molecule has 148 valence electrons. The van der Waals surface area contributed by atoms with Crippen molar-refractivity contribution in [1.82, 2.24) is 5.32 Å². The van der Waals surface area contributed by atoms with Crippen LogP contribution < -0.4 is 15.5 Å². The number of benzene rings is 2. The van der Waals surface area contributed by atoms with Gasteiger partial charge in [0.05, 0.1) is 0 Å². The minimum atomic E-state index is 0.0549. The molecule has 0 aliphatic carbocycles. The molecule has 1 amide bonds. The predicted octanol–water partition coefficient (Wildman–Crippen LogP) is 4.86. The van der Waals surface area contributed by atoms with Gasteiger partial charge in [-0.2, -0.15) is 0 Å². The normalized spacial score (nSPS) is 15.4. The van der Waals surface area contributed by atoms with Crippen LogP contribution in [0.3, 0.4) is 0 Å². The first-order chi connectivity index (χ1) is 13.3. The highest BCUT2D eigenvalue weighted by atomic mass is 32.1. The van der Waals surface area contributed by atoms with Crippen LogP contribution in [0.25, 0.3) is 0 Å². The first kappa shape index (κ1) is 20.3. The van der Waals surface area contributed by atoms with Gasteiger partial charge >= 0.3 is 0 Å². The van der Waals surface area contributed by atoms with Crippen LogP contribution in [0.4, 0.5) is 11.4 Å². The van der Waals surface area contributed by atoms with Gasteiger partial charge in [-0.1, -0.05) is 50.2 Å². The number of nitrogens with zero attached hydrogens (tertiary/aromatic N) is 1. The number of thiocarbonyl (C=S) groups is 1. The van der Waals surface area contributed by atoms with Crippen molar-refractivity contribution in [1.29, 1.82) is 0 Å². The Hall–Kier alpha value is -2.40. The summed E-state index contributed by atoms with van der Waals surface area (Å²) in [6.45, 7) is 7.45. The van der Waals surface area contributed by atoms with Crippen LogP contribution in [0, 0.1) is 0 Å². The molecule has 0 radical (unpaired) electrons. The van der Waals surface area contributed by atoms with Crippen LogP contribution in [0.2, 0.25) is 0 Å².